The third kappa shape index (κ3) is 5.05. The van der Waals surface area contributed by atoms with Crippen LogP contribution in [0.1, 0.15) is 0 Å². The molecule has 0 aliphatic carbocycles. The van der Waals surface area contributed by atoms with Crippen LogP contribution >= 0.6 is 0 Å². The van der Waals surface area contributed by atoms with Gasteiger partial charge in [0.15, 0.2) is 0 Å². The molecule has 0 amide bonds. The van der Waals surface area contributed by atoms with E-state index in [1.54, 1.807) is 24.3 Å². The van der Waals surface area contributed by atoms with Crippen LogP contribution in [0.4, 0.5) is 82.8 Å². The van der Waals surface area contributed by atoms with E-state index in [1.807, 2.05) is 0 Å². The van der Waals surface area contributed by atoms with Crippen LogP contribution in [0.15, 0.2) is 24.3 Å². The minimum absolute atomic E-state index is 0.0685. The van der Waals surface area contributed by atoms with E-state index in [2.05, 4.69) is 59.8 Å². The Kier molecular flexibility index (Phi) is 5.99. The summed E-state index contributed by atoms with van der Waals surface area (Å²) in [7, 11) is 0. The minimum atomic E-state index is -0.174. The van der Waals surface area contributed by atoms with Crippen molar-refractivity contribution >= 4 is 82.8 Å². The summed E-state index contributed by atoms with van der Waals surface area (Å²) in [6.45, 7) is 0. The van der Waals surface area contributed by atoms with Crippen LogP contribution in [0.5, 0.6) is 0 Å². The highest BCUT2D eigenvalue weighted by Gasteiger charge is 2.25. The van der Waals surface area contributed by atoms with E-state index < -0.39 is 0 Å². The summed E-state index contributed by atoms with van der Waals surface area (Å²) < 4.78 is 0. The van der Waals surface area contributed by atoms with E-state index in [1.165, 1.54) is 9.80 Å². The molecule has 40 heavy (non-hydrogen) atoms. The first-order valence-electron chi connectivity index (χ1n) is 10.8. The number of benzene rings is 1. The first-order valence-corrected chi connectivity index (χ1v) is 10.8. The van der Waals surface area contributed by atoms with Crippen molar-refractivity contribution in [2.45, 2.75) is 0 Å². The molecule has 5 rings (SSSR count). The maximum absolute atomic E-state index is 5.83. The predicted octanol–water partition coefficient (Wildman–Crippen LogP) is -1.98. The SMILES string of the molecule is Nc1nc(N)nc(N(c2cccc(N(c3nc(N)nc(N)n3)c3nc(N)nc(N)n3)c2)c2nc(N)nc(N)n2)n1. The van der Waals surface area contributed by atoms with Gasteiger partial charge in [0, 0.05) is 0 Å². The highest BCUT2D eigenvalue weighted by molar-refractivity contribution is 5.77. The second kappa shape index (κ2) is 9.61. The molecule has 0 spiro atoms. The monoisotopic (exact) mass is 544 g/mol. The van der Waals surface area contributed by atoms with E-state index in [-0.39, 0.29) is 71.4 Å². The fourth-order valence-corrected chi connectivity index (χ4v) is 3.40. The highest BCUT2D eigenvalue weighted by Crippen LogP contribution is 2.37. The van der Waals surface area contributed by atoms with Gasteiger partial charge >= 0.3 is 0 Å². The Morgan fingerprint density at radius 2 is 0.575 bits per heavy atom. The number of hydrogen-bond acceptors (Lipinski definition) is 22. The van der Waals surface area contributed by atoms with Crippen LogP contribution in [0.2, 0.25) is 0 Å². The molecule has 202 valence electrons. The molecular formula is C18H20N22. The molecule has 4 heterocycles. The number of hydrogen-bond donors (Lipinski definition) is 8. The Labute approximate surface area is 223 Å². The van der Waals surface area contributed by atoms with Gasteiger partial charge in [-0.1, -0.05) is 6.07 Å². The van der Waals surface area contributed by atoms with Crippen molar-refractivity contribution in [3.05, 3.63) is 24.3 Å². The van der Waals surface area contributed by atoms with Gasteiger partial charge in [-0.3, -0.25) is 0 Å². The quantitative estimate of drug-likeness (QED) is 0.115. The maximum Gasteiger partial charge on any atom is 0.243 e. The second-order valence-electron chi connectivity index (χ2n) is 7.60. The smallest absolute Gasteiger partial charge is 0.243 e. The van der Waals surface area contributed by atoms with Gasteiger partial charge in [0.2, 0.25) is 71.4 Å². The maximum atomic E-state index is 5.83. The van der Waals surface area contributed by atoms with Crippen molar-refractivity contribution in [2.24, 2.45) is 0 Å². The predicted molar refractivity (Wildman–Crippen MR) is 145 cm³/mol. The van der Waals surface area contributed by atoms with Crippen LogP contribution in [-0.2, 0) is 0 Å². The number of nitrogen functional groups attached to an aromatic ring is 8. The molecule has 0 bridgehead atoms. The Bertz CT molecular complexity index is 1420. The summed E-state index contributed by atoms with van der Waals surface area (Å²) in [4.78, 5) is 51.2. The van der Waals surface area contributed by atoms with Crippen LogP contribution in [0.3, 0.4) is 0 Å². The first kappa shape index (κ1) is 24.9. The molecule has 0 saturated carbocycles. The lowest BCUT2D eigenvalue weighted by Gasteiger charge is -2.25. The molecule has 16 N–H and O–H groups in total. The Morgan fingerprint density at radius 1 is 0.350 bits per heavy atom. The number of aromatic nitrogens is 12. The number of nitrogens with zero attached hydrogens (tertiary/aromatic N) is 14. The van der Waals surface area contributed by atoms with Crippen molar-refractivity contribution in [1.82, 2.24) is 59.8 Å². The van der Waals surface area contributed by atoms with Gasteiger partial charge in [0.25, 0.3) is 0 Å². The molecule has 0 fully saturated rings. The van der Waals surface area contributed by atoms with E-state index in [0.717, 1.165) is 0 Å². The zero-order chi connectivity index (χ0) is 28.6. The molecule has 0 saturated heterocycles. The molecule has 0 radical (unpaired) electrons. The van der Waals surface area contributed by atoms with Gasteiger partial charge < -0.3 is 45.9 Å². The molecule has 0 unspecified atom stereocenters. The largest absolute Gasteiger partial charge is 0.368 e. The molecule has 0 aliphatic heterocycles. The summed E-state index contributed by atoms with van der Waals surface area (Å²) in [5.74, 6) is -1.66. The topological polar surface area (TPSA) is 369 Å². The summed E-state index contributed by atoms with van der Waals surface area (Å²) in [5, 5.41) is 0. The normalized spacial score (nSPS) is 10.8. The molecule has 22 nitrogen and oxygen atoms in total. The first-order chi connectivity index (χ1) is 19.0. The highest BCUT2D eigenvalue weighted by atomic mass is 15.4. The van der Waals surface area contributed by atoms with Crippen molar-refractivity contribution in [1.29, 1.82) is 0 Å². The van der Waals surface area contributed by atoms with E-state index in [0.29, 0.717) is 11.4 Å². The van der Waals surface area contributed by atoms with Crippen molar-refractivity contribution in [3.63, 3.8) is 0 Å². The standard InChI is InChI=1S/C18H20N22/c19-7-27-8(20)32-15(31-7)39(16-33-9(21)28-10(22)34-16)5-2-1-3-6(4-5)40(17-35-11(23)29-12(24)36-17)18-37-13(25)30-14(26)38-18/h1-4H,(H4,19,20,27,31,32)(H4,21,22,28,33,34)(H4,23,24,29,35,36)(H4,25,26,30,37,38). The Balaban J connectivity index is 1.74. The van der Waals surface area contributed by atoms with Crippen LogP contribution in [0, 0.1) is 0 Å². The second-order valence-corrected chi connectivity index (χ2v) is 7.60. The zero-order valence-corrected chi connectivity index (χ0v) is 20.2. The molecule has 0 atom stereocenters. The fraction of sp³-hybridized carbons (Fsp3) is 0. The summed E-state index contributed by atoms with van der Waals surface area (Å²) in [6, 6.07) is 6.55. The van der Waals surface area contributed by atoms with E-state index in [4.69, 9.17) is 45.9 Å². The summed E-state index contributed by atoms with van der Waals surface area (Å²) >= 11 is 0. The average Bonchev–Trinajstić information content (AvgIpc) is 2.82. The molecule has 0 aliphatic rings. The van der Waals surface area contributed by atoms with Gasteiger partial charge in [-0.05, 0) is 18.2 Å². The Hall–Kier alpha value is -6.74. The Morgan fingerprint density at radius 3 is 0.800 bits per heavy atom. The molecule has 1 aromatic carbocycles. The minimum Gasteiger partial charge on any atom is -0.368 e. The molecular weight excluding hydrogens is 524 g/mol. The van der Waals surface area contributed by atoms with Crippen LogP contribution in [0.25, 0.3) is 0 Å². The number of nitrogens with two attached hydrogens (primary N) is 8. The lowest BCUT2D eigenvalue weighted by Crippen LogP contribution is -2.22. The van der Waals surface area contributed by atoms with E-state index in [9.17, 15) is 0 Å². The van der Waals surface area contributed by atoms with Crippen LogP contribution in [-0.4, -0.2) is 59.8 Å². The lowest BCUT2D eigenvalue weighted by molar-refractivity contribution is 0.965. The van der Waals surface area contributed by atoms with E-state index >= 15 is 0 Å². The van der Waals surface area contributed by atoms with Crippen molar-refractivity contribution < 1.29 is 0 Å². The summed E-state index contributed by atoms with van der Waals surface area (Å²) in [5.41, 5.74) is 47.3. The van der Waals surface area contributed by atoms with Crippen LogP contribution < -0.4 is 55.7 Å². The van der Waals surface area contributed by atoms with Gasteiger partial charge in [0.05, 0.1) is 11.4 Å². The fourth-order valence-electron chi connectivity index (χ4n) is 3.40. The lowest BCUT2D eigenvalue weighted by atomic mass is 10.2. The van der Waals surface area contributed by atoms with Gasteiger partial charge in [-0.25, -0.2) is 9.80 Å². The summed E-state index contributed by atoms with van der Waals surface area (Å²) in [6.07, 6.45) is 0. The molecule has 5 aromatic rings. The molecule has 4 aromatic heterocycles. The van der Waals surface area contributed by atoms with Gasteiger partial charge in [-0.15, -0.1) is 0 Å². The number of rotatable bonds is 6. The molecule has 22 heteroatoms. The van der Waals surface area contributed by atoms with Gasteiger partial charge in [-0.2, -0.15) is 59.8 Å². The third-order valence-electron chi connectivity index (χ3n) is 4.78. The van der Waals surface area contributed by atoms with Crippen molar-refractivity contribution in [3.8, 4) is 0 Å². The third-order valence-corrected chi connectivity index (χ3v) is 4.78. The van der Waals surface area contributed by atoms with Crippen molar-refractivity contribution in [2.75, 3.05) is 55.7 Å². The average molecular weight is 545 g/mol. The number of anilines is 14. The zero-order valence-electron chi connectivity index (χ0n) is 20.2. The van der Waals surface area contributed by atoms with Gasteiger partial charge in [0.1, 0.15) is 0 Å².